The van der Waals surface area contributed by atoms with Crippen LogP contribution in [-0.4, -0.2) is 56.3 Å². The van der Waals surface area contributed by atoms with Crippen molar-refractivity contribution in [2.75, 3.05) is 38.0 Å². The molecule has 1 amide bonds. The summed E-state index contributed by atoms with van der Waals surface area (Å²) in [5, 5.41) is 2.91. The van der Waals surface area contributed by atoms with Gasteiger partial charge in [0, 0.05) is 29.8 Å². The van der Waals surface area contributed by atoms with Crippen LogP contribution in [0.5, 0.6) is 0 Å². The molecule has 3 rings (SSSR count). The molecule has 1 fully saturated rings. The molecule has 2 aromatic rings. The average Bonchev–Trinajstić information content (AvgIpc) is 2.88. The van der Waals surface area contributed by atoms with Gasteiger partial charge in [0.2, 0.25) is 15.9 Å². The van der Waals surface area contributed by atoms with E-state index in [-0.39, 0.29) is 12.5 Å². The second-order valence-electron chi connectivity index (χ2n) is 6.91. The smallest absolute Gasteiger partial charge is 0.243 e. The Kier molecular flexibility index (Phi) is 6.87. The molecule has 8 heteroatoms. The van der Waals surface area contributed by atoms with Crippen molar-refractivity contribution in [1.82, 2.24) is 9.21 Å². The zero-order valence-electron chi connectivity index (χ0n) is 15.8. The maximum absolute atomic E-state index is 12.9. The summed E-state index contributed by atoms with van der Waals surface area (Å²) < 4.78 is 28.1. The Hall–Kier alpha value is -1.74. The van der Waals surface area contributed by atoms with Crippen LogP contribution >= 0.6 is 15.9 Å². The molecule has 0 atom stereocenters. The van der Waals surface area contributed by atoms with Crippen LogP contribution in [-0.2, 0) is 14.8 Å². The second-order valence-corrected chi connectivity index (χ2v) is 9.76. The van der Waals surface area contributed by atoms with Crippen molar-refractivity contribution in [3.05, 3.63) is 58.6 Å². The van der Waals surface area contributed by atoms with Crippen LogP contribution in [0.3, 0.4) is 0 Å². The summed E-state index contributed by atoms with van der Waals surface area (Å²) in [7, 11) is -3.52. The molecular weight excluding hydrogens is 442 g/mol. The van der Waals surface area contributed by atoms with Crippen LogP contribution in [0.15, 0.2) is 57.9 Å². The Balaban J connectivity index is 1.58. The van der Waals surface area contributed by atoms with E-state index >= 15 is 0 Å². The zero-order valence-corrected chi connectivity index (χ0v) is 18.2. The number of sulfonamides is 1. The number of benzene rings is 2. The summed E-state index contributed by atoms with van der Waals surface area (Å²) in [6.07, 6.45) is 0.688. The Morgan fingerprint density at radius 2 is 1.82 bits per heavy atom. The lowest BCUT2D eigenvalue weighted by Gasteiger charge is -2.21. The Morgan fingerprint density at radius 1 is 1.07 bits per heavy atom. The fraction of sp³-hybridized carbons (Fsp3) is 0.350. The van der Waals surface area contributed by atoms with Gasteiger partial charge in [-0.15, -0.1) is 0 Å². The predicted molar refractivity (Wildman–Crippen MR) is 114 cm³/mol. The molecule has 0 spiro atoms. The lowest BCUT2D eigenvalue weighted by molar-refractivity contribution is -0.117. The van der Waals surface area contributed by atoms with E-state index in [1.165, 1.54) is 4.31 Å². The third kappa shape index (κ3) is 5.41. The van der Waals surface area contributed by atoms with E-state index in [9.17, 15) is 13.2 Å². The maximum Gasteiger partial charge on any atom is 0.243 e. The van der Waals surface area contributed by atoms with Crippen LogP contribution < -0.4 is 5.32 Å². The lowest BCUT2D eigenvalue weighted by atomic mass is 10.2. The van der Waals surface area contributed by atoms with Crippen molar-refractivity contribution in [1.29, 1.82) is 0 Å². The molecule has 2 aromatic carbocycles. The number of halogens is 1. The molecule has 0 unspecified atom stereocenters. The average molecular weight is 466 g/mol. The molecule has 1 heterocycles. The fourth-order valence-corrected chi connectivity index (χ4v) is 4.96. The molecule has 6 nitrogen and oxygen atoms in total. The first-order chi connectivity index (χ1) is 13.3. The monoisotopic (exact) mass is 465 g/mol. The zero-order chi connectivity index (χ0) is 20.1. The van der Waals surface area contributed by atoms with E-state index in [1.807, 2.05) is 36.1 Å². The van der Waals surface area contributed by atoms with Crippen molar-refractivity contribution in [3.63, 3.8) is 0 Å². The summed E-state index contributed by atoms with van der Waals surface area (Å²) in [5.74, 6) is -0.0881. The number of amides is 1. The van der Waals surface area contributed by atoms with Crippen LogP contribution in [0.2, 0.25) is 0 Å². The first-order valence-electron chi connectivity index (χ1n) is 9.19. The molecule has 1 saturated heterocycles. The number of hydrogen-bond donors (Lipinski definition) is 1. The summed E-state index contributed by atoms with van der Waals surface area (Å²) in [4.78, 5) is 14.6. The summed E-state index contributed by atoms with van der Waals surface area (Å²) in [6.45, 7) is 4.26. The third-order valence-electron chi connectivity index (χ3n) is 4.67. The molecule has 0 saturated carbocycles. The topological polar surface area (TPSA) is 69.7 Å². The molecule has 1 N–H and O–H groups in total. The number of carbonyl (C=O) groups excluding carboxylic acids is 1. The Morgan fingerprint density at radius 3 is 2.54 bits per heavy atom. The van der Waals surface area contributed by atoms with E-state index in [4.69, 9.17) is 0 Å². The highest BCUT2D eigenvalue weighted by molar-refractivity contribution is 9.10. The molecular formula is C20H24BrN3O3S. The predicted octanol–water partition coefficient (Wildman–Crippen LogP) is 3.09. The quantitative estimate of drug-likeness (QED) is 0.736. The molecule has 150 valence electrons. The molecule has 1 aliphatic rings. The van der Waals surface area contributed by atoms with Gasteiger partial charge in [-0.3, -0.25) is 9.69 Å². The minimum absolute atomic E-state index is 0.0881. The van der Waals surface area contributed by atoms with E-state index in [1.54, 1.807) is 24.3 Å². The van der Waals surface area contributed by atoms with Crippen LogP contribution in [0.25, 0.3) is 0 Å². The number of carbonyl (C=O) groups is 1. The highest BCUT2D eigenvalue weighted by Crippen LogP contribution is 2.20. The Labute approximate surface area is 174 Å². The van der Waals surface area contributed by atoms with E-state index < -0.39 is 10.0 Å². The minimum Gasteiger partial charge on any atom is -0.325 e. The summed E-state index contributed by atoms with van der Waals surface area (Å²) in [6, 6.07) is 14.3. The van der Waals surface area contributed by atoms with Crippen molar-refractivity contribution in [3.8, 4) is 0 Å². The maximum atomic E-state index is 12.9. The van der Waals surface area contributed by atoms with Crippen LogP contribution in [0.4, 0.5) is 5.69 Å². The second kappa shape index (κ2) is 9.17. The first-order valence-corrected chi connectivity index (χ1v) is 11.4. The first kappa shape index (κ1) is 21.0. The van der Waals surface area contributed by atoms with Gasteiger partial charge in [-0.25, -0.2) is 8.42 Å². The molecule has 1 aliphatic heterocycles. The van der Waals surface area contributed by atoms with Crippen molar-refractivity contribution in [2.24, 2.45) is 0 Å². The van der Waals surface area contributed by atoms with Gasteiger partial charge < -0.3 is 5.32 Å². The van der Waals surface area contributed by atoms with Gasteiger partial charge in [-0.1, -0.05) is 28.1 Å². The molecule has 0 aliphatic carbocycles. The van der Waals surface area contributed by atoms with Crippen molar-refractivity contribution in [2.45, 2.75) is 18.2 Å². The molecule has 0 bridgehead atoms. The van der Waals surface area contributed by atoms with Crippen LogP contribution in [0, 0.1) is 6.92 Å². The number of nitrogens with zero attached hydrogens (tertiary/aromatic N) is 2. The van der Waals surface area contributed by atoms with Crippen LogP contribution in [0.1, 0.15) is 12.0 Å². The Bertz CT molecular complexity index is 932. The highest BCUT2D eigenvalue weighted by atomic mass is 79.9. The highest BCUT2D eigenvalue weighted by Gasteiger charge is 2.27. The van der Waals surface area contributed by atoms with Gasteiger partial charge in [0.25, 0.3) is 0 Å². The van der Waals surface area contributed by atoms with E-state index in [2.05, 4.69) is 21.2 Å². The van der Waals surface area contributed by atoms with Gasteiger partial charge in [0.1, 0.15) is 0 Å². The summed E-state index contributed by atoms with van der Waals surface area (Å²) >= 11 is 3.33. The SMILES string of the molecule is Cc1cccc(NC(=O)CN2CCCN(S(=O)(=O)c3ccc(Br)cc3)CC2)c1. The van der Waals surface area contributed by atoms with Gasteiger partial charge >= 0.3 is 0 Å². The third-order valence-corrected chi connectivity index (χ3v) is 7.11. The molecule has 28 heavy (non-hydrogen) atoms. The lowest BCUT2D eigenvalue weighted by Crippen LogP contribution is -2.38. The minimum atomic E-state index is -3.52. The van der Waals surface area contributed by atoms with Gasteiger partial charge in [0.15, 0.2) is 0 Å². The number of nitrogens with one attached hydrogen (secondary N) is 1. The molecule has 0 radical (unpaired) electrons. The number of hydrogen-bond acceptors (Lipinski definition) is 4. The largest absolute Gasteiger partial charge is 0.325 e. The number of anilines is 1. The number of rotatable bonds is 5. The van der Waals surface area contributed by atoms with Gasteiger partial charge in [0.05, 0.1) is 11.4 Å². The fourth-order valence-electron chi connectivity index (χ4n) is 3.23. The van der Waals surface area contributed by atoms with E-state index in [0.717, 1.165) is 15.7 Å². The van der Waals surface area contributed by atoms with E-state index in [0.29, 0.717) is 37.5 Å². The van der Waals surface area contributed by atoms with Crippen molar-refractivity contribution < 1.29 is 13.2 Å². The van der Waals surface area contributed by atoms with Gasteiger partial charge in [-0.2, -0.15) is 4.31 Å². The van der Waals surface area contributed by atoms with Crippen molar-refractivity contribution >= 4 is 37.5 Å². The van der Waals surface area contributed by atoms with Gasteiger partial charge in [-0.05, 0) is 61.9 Å². The standard InChI is InChI=1S/C20H24BrN3O3S/c1-16-4-2-5-18(14-16)22-20(25)15-23-10-3-11-24(13-12-23)28(26,27)19-8-6-17(21)7-9-19/h2,4-9,14H,3,10-13,15H2,1H3,(H,22,25). The molecule has 0 aromatic heterocycles. The number of aryl methyl sites for hydroxylation is 1. The normalized spacial score (nSPS) is 16.5. The summed E-state index contributed by atoms with van der Waals surface area (Å²) in [5.41, 5.74) is 1.86.